The molecule has 0 saturated carbocycles. The van der Waals surface area contributed by atoms with Gasteiger partial charge in [-0.05, 0) is 66.8 Å². The highest BCUT2D eigenvalue weighted by Crippen LogP contribution is 2.40. The first-order valence-corrected chi connectivity index (χ1v) is 15.1. The minimum Gasteiger partial charge on any atom is -0.421 e. The summed E-state index contributed by atoms with van der Waals surface area (Å²) in [6.07, 6.45) is 3.26. The molecular weight excluding hydrogens is 603 g/mol. The van der Waals surface area contributed by atoms with Crippen LogP contribution in [-0.2, 0) is 32.5 Å². The Morgan fingerprint density at radius 3 is 2.53 bits per heavy atom. The number of oxazole rings is 1. The van der Waals surface area contributed by atoms with Crippen LogP contribution in [-0.4, -0.2) is 34.1 Å². The maximum Gasteiger partial charge on any atom is 0.420 e. The minimum atomic E-state index is -0.571. The number of fused-ring (bicyclic) bond motifs is 4. The van der Waals surface area contributed by atoms with E-state index in [4.69, 9.17) is 19.1 Å². The van der Waals surface area contributed by atoms with Crippen molar-refractivity contribution in [2.24, 2.45) is 0 Å². The molecule has 13 heteroatoms. The van der Waals surface area contributed by atoms with Crippen LogP contribution in [0.25, 0.3) is 44.7 Å². The molecule has 47 heavy (non-hydrogen) atoms. The van der Waals surface area contributed by atoms with Gasteiger partial charge in [-0.2, -0.15) is 5.26 Å². The number of nitrogens with zero attached hydrogens (tertiary/aromatic N) is 8. The molecule has 0 spiro atoms. The van der Waals surface area contributed by atoms with Crippen LogP contribution in [0.3, 0.4) is 0 Å². The first-order chi connectivity index (χ1) is 22.9. The molecule has 5 aromatic heterocycles. The number of nitriles is 1. The number of aryl methyl sites for hydroxylation is 4. The van der Waals surface area contributed by atoms with Gasteiger partial charge in [-0.25, -0.2) is 18.9 Å². The monoisotopic (exact) mass is 628 g/mol. The third kappa shape index (κ3) is 4.82. The summed E-state index contributed by atoms with van der Waals surface area (Å²) < 4.78 is 30.4. The van der Waals surface area contributed by atoms with Gasteiger partial charge < -0.3 is 8.83 Å². The summed E-state index contributed by atoms with van der Waals surface area (Å²) in [6.45, 7) is 3.04. The number of aromatic nitrogens is 7. The molecule has 0 bridgehead atoms. The van der Waals surface area contributed by atoms with Crippen molar-refractivity contribution in [2.75, 3.05) is 0 Å². The van der Waals surface area contributed by atoms with Crippen LogP contribution in [0.15, 0.2) is 79.2 Å². The van der Waals surface area contributed by atoms with E-state index in [1.54, 1.807) is 48.0 Å². The van der Waals surface area contributed by atoms with E-state index < -0.39 is 5.76 Å². The van der Waals surface area contributed by atoms with Gasteiger partial charge in [0.1, 0.15) is 11.9 Å². The quantitative estimate of drug-likeness (QED) is 0.243. The van der Waals surface area contributed by atoms with E-state index in [1.165, 1.54) is 22.9 Å². The molecule has 0 atom stereocenters. The normalized spacial score (nSPS) is 12.6. The molecule has 6 heterocycles. The topological polar surface area (TPSA) is 151 Å². The van der Waals surface area contributed by atoms with Gasteiger partial charge in [-0.1, -0.05) is 18.2 Å². The summed E-state index contributed by atoms with van der Waals surface area (Å²) >= 11 is 0. The Bertz CT molecular complexity index is 2500. The average molecular weight is 629 g/mol. The summed E-state index contributed by atoms with van der Waals surface area (Å²) in [5.41, 5.74) is 5.46. The summed E-state index contributed by atoms with van der Waals surface area (Å²) in [6, 6.07) is 17.0. The van der Waals surface area contributed by atoms with E-state index in [9.17, 15) is 14.0 Å². The van der Waals surface area contributed by atoms with Crippen molar-refractivity contribution in [2.45, 2.75) is 45.8 Å². The van der Waals surface area contributed by atoms with E-state index in [1.807, 2.05) is 16.8 Å². The van der Waals surface area contributed by atoms with Crippen LogP contribution in [0.1, 0.15) is 34.8 Å². The Balaban J connectivity index is 1.33. The van der Waals surface area contributed by atoms with Crippen LogP contribution >= 0.6 is 0 Å². The van der Waals surface area contributed by atoms with Crippen LogP contribution in [0.5, 0.6) is 0 Å². The van der Waals surface area contributed by atoms with Crippen LogP contribution in [0.4, 0.5) is 4.39 Å². The predicted molar refractivity (Wildman–Crippen MR) is 168 cm³/mol. The highest BCUT2D eigenvalue weighted by Gasteiger charge is 2.29. The van der Waals surface area contributed by atoms with Gasteiger partial charge in [0.05, 0.1) is 40.0 Å². The largest absolute Gasteiger partial charge is 0.421 e. The van der Waals surface area contributed by atoms with E-state index in [-0.39, 0.29) is 23.8 Å². The molecule has 232 valence electrons. The van der Waals surface area contributed by atoms with E-state index in [2.05, 4.69) is 15.2 Å². The second-order valence-electron chi connectivity index (χ2n) is 11.5. The van der Waals surface area contributed by atoms with Crippen molar-refractivity contribution in [1.82, 2.24) is 34.1 Å². The maximum atomic E-state index is 14.0. The number of pyridine rings is 2. The molecule has 0 aliphatic carbocycles. The minimum absolute atomic E-state index is 0.143. The Morgan fingerprint density at radius 2 is 1.79 bits per heavy atom. The number of halogens is 1. The van der Waals surface area contributed by atoms with E-state index in [0.717, 1.165) is 12.0 Å². The van der Waals surface area contributed by atoms with Gasteiger partial charge in [0.25, 0.3) is 5.56 Å². The molecule has 0 N–H and O–H groups in total. The van der Waals surface area contributed by atoms with Crippen LogP contribution in [0.2, 0.25) is 0 Å². The van der Waals surface area contributed by atoms with Crippen molar-refractivity contribution in [3.63, 3.8) is 0 Å². The number of rotatable bonds is 7. The molecule has 1 aliphatic heterocycles. The van der Waals surface area contributed by atoms with Crippen molar-refractivity contribution in [1.29, 1.82) is 5.26 Å². The first-order valence-electron chi connectivity index (χ1n) is 15.1. The fourth-order valence-electron chi connectivity index (χ4n) is 6.31. The van der Waals surface area contributed by atoms with Gasteiger partial charge in [0.2, 0.25) is 11.8 Å². The zero-order chi connectivity index (χ0) is 32.2. The van der Waals surface area contributed by atoms with Crippen LogP contribution in [0, 0.1) is 24.1 Å². The fraction of sp³-hybridized carbons (Fsp3) is 0.206. The molecule has 0 radical (unpaired) electrons. The summed E-state index contributed by atoms with van der Waals surface area (Å²) in [7, 11) is 0. The molecule has 0 unspecified atom stereocenters. The zero-order valence-electron chi connectivity index (χ0n) is 25.1. The molecule has 0 amide bonds. The average Bonchev–Trinajstić information content (AvgIpc) is 3.86. The highest BCUT2D eigenvalue weighted by molar-refractivity contribution is 6.02. The number of hydrogen-bond acceptors (Lipinski definition) is 9. The lowest BCUT2D eigenvalue weighted by Crippen LogP contribution is -2.16. The molecule has 7 aromatic rings. The second kappa shape index (κ2) is 11.0. The molecular formula is C34H25FN8O4. The lowest BCUT2D eigenvalue weighted by atomic mass is 9.93. The first kappa shape index (κ1) is 28.3. The molecule has 0 saturated heterocycles. The third-order valence-corrected chi connectivity index (χ3v) is 8.51. The van der Waals surface area contributed by atoms with E-state index in [0.29, 0.717) is 87.6 Å². The predicted octanol–water partition coefficient (Wildman–Crippen LogP) is 4.77. The van der Waals surface area contributed by atoms with E-state index >= 15 is 0 Å². The fourth-order valence-corrected chi connectivity index (χ4v) is 6.31. The smallest absolute Gasteiger partial charge is 0.420 e. The number of hydrogen-bond donors (Lipinski definition) is 0. The SMILES string of the molecule is Cc1nnc(-c2c(CCc3ccc(F)cc3)nc3c(c2-c2ccc4c(c2)oc(=O)n4Cc2ccc(C#N)cn2)c(=O)n2n3CCC2)o1. The van der Waals surface area contributed by atoms with Gasteiger partial charge in [0, 0.05) is 31.8 Å². The zero-order valence-corrected chi connectivity index (χ0v) is 25.1. The van der Waals surface area contributed by atoms with Gasteiger partial charge in [-0.15, -0.1) is 10.2 Å². The number of benzene rings is 2. The van der Waals surface area contributed by atoms with Crippen molar-refractivity contribution in [3.8, 4) is 28.7 Å². The molecule has 1 aliphatic rings. The standard InChI is InChI=1S/C34H25FN8O4/c1-19-39-40-32(46-19)29-25(11-6-20-3-8-23(35)9-4-20)38-31-30(33(44)43-14-2-13-42(31)43)28(29)22-7-12-26-27(15-22)47-34(45)41(26)18-24-10-5-21(16-36)17-37-24/h3-5,7-10,12,15,17H,2,6,11,13-14,18H2,1H3. The molecule has 8 rings (SSSR count). The highest BCUT2D eigenvalue weighted by atomic mass is 19.1. The Labute approximate surface area is 265 Å². The molecule has 12 nitrogen and oxygen atoms in total. The van der Waals surface area contributed by atoms with Crippen molar-refractivity contribution >= 4 is 22.1 Å². The maximum absolute atomic E-state index is 14.0. The van der Waals surface area contributed by atoms with Gasteiger partial charge in [-0.3, -0.25) is 19.0 Å². The second-order valence-corrected chi connectivity index (χ2v) is 11.5. The Hall–Kier alpha value is -6.16. The summed E-state index contributed by atoms with van der Waals surface area (Å²) in [5.74, 6) is -0.325. The van der Waals surface area contributed by atoms with Crippen molar-refractivity contribution < 1.29 is 13.2 Å². The van der Waals surface area contributed by atoms with Crippen LogP contribution < -0.4 is 11.3 Å². The van der Waals surface area contributed by atoms with Gasteiger partial charge >= 0.3 is 5.76 Å². The summed E-state index contributed by atoms with van der Waals surface area (Å²) in [4.78, 5) is 36.4. The lowest BCUT2D eigenvalue weighted by molar-refractivity contribution is 0.516. The van der Waals surface area contributed by atoms with Crippen molar-refractivity contribution in [3.05, 3.63) is 116 Å². The summed E-state index contributed by atoms with van der Waals surface area (Å²) in [5, 5.41) is 17.9. The Morgan fingerprint density at radius 1 is 0.957 bits per heavy atom. The molecule has 0 fully saturated rings. The molecule has 2 aromatic carbocycles. The van der Waals surface area contributed by atoms with Gasteiger partial charge in [0.15, 0.2) is 11.2 Å². The third-order valence-electron chi connectivity index (χ3n) is 8.51. The lowest BCUT2D eigenvalue weighted by Gasteiger charge is -2.14. The Kier molecular flexibility index (Phi) is 6.64.